The van der Waals surface area contributed by atoms with Crippen LogP contribution in [0, 0.1) is 13.8 Å². The number of hydrogen-bond donors (Lipinski definition) is 0. The van der Waals surface area contributed by atoms with Gasteiger partial charge in [-0.2, -0.15) is 0 Å². The summed E-state index contributed by atoms with van der Waals surface area (Å²) in [7, 11) is -1.07. The van der Waals surface area contributed by atoms with E-state index in [0.29, 0.717) is 11.3 Å². The van der Waals surface area contributed by atoms with Gasteiger partial charge in [-0.05, 0) is 32.4 Å². The number of Topliss-reactive ketones (excluding diaryl/α,β-unsaturated/α-hetero) is 1. The minimum atomic E-state index is -1.07. The normalized spacial score (nSPS) is 14.5. The average molecular weight is 238 g/mol. The van der Waals surface area contributed by atoms with Crippen molar-refractivity contribution in [3.05, 3.63) is 34.9 Å². The zero-order chi connectivity index (χ0) is 12.3. The van der Waals surface area contributed by atoms with Gasteiger partial charge in [-0.1, -0.05) is 24.6 Å². The van der Waals surface area contributed by atoms with Crippen LogP contribution in [0.4, 0.5) is 0 Å². The molecule has 0 N–H and O–H groups in total. The standard InChI is InChI=1S/C13H18O2S/c1-5-16(15)11(4)13(14)12-8-9(2)6-7-10(12)3/h6-8,11H,5H2,1-4H3. The lowest BCUT2D eigenvalue weighted by Crippen LogP contribution is -2.24. The predicted octanol–water partition coefficient (Wildman–Crippen LogP) is 2.64. The van der Waals surface area contributed by atoms with Crippen LogP contribution in [0.1, 0.15) is 35.3 Å². The van der Waals surface area contributed by atoms with Crippen molar-refractivity contribution < 1.29 is 9.00 Å². The fourth-order valence-electron chi connectivity index (χ4n) is 1.59. The van der Waals surface area contributed by atoms with Crippen molar-refractivity contribution in [1.29, 1.82) is 0 Å². The first-order valence-corrected chi connectivity index (χ1v) is 6.84. The predicted molar refractivity (Wildman–Crippen MR) is 68.4 cm³/mol. The number of ketones is 1. The van der Waals surface area contributed by atoms with Crippen molar-refractivity contribution >= 4 is 16.6 Å². The largest absolute Gasteiger partial charge is 0.293 e. The molecule has 16 heavy (non-hydrogen) atoms. The number of aryl methyl sites for hydroxylation is 2. The Kier molecular flexibility index (Phi) is 4.42. The van der Waals surface area contributed by atoms with Crippen LogP contribution in [0.15, 0.2) is 18.2 Å². The summed E-state index contributed by atoms with van der Waals surface area (Å²) in [6.07, 6.45) is 0. The molecular weight excluding hydrogens is 220 g/mol. The Morgan fingerprint density at radius 1 is 1.38 bits per heavy atom. The fourth-order valence-corrected chi connectivity index (χ4v) is 2.46. The summed E-state index contributed by atoms with van der Waals surface area (Å²) >= 11 is 0. The molecule has 0 amide bonds. The minimum absolute atomic E-state index is 0.0126. The Morgan fingerprint density at radius 2 is 2.00 bits per heavy atom. The van der Waals surface area contributed by atoms with Crippen molar-refractivity contribution in [3.63, 3.8) is 0 Å². The van der Waals surface area contributed by atoms with Crippen LogP contribution in [-0.4, -0.2) is 21.0 Å². The molecule has 0 saturated heterocycles. The first kappa shape index (κ1) is 13.1. The summed E-state index contributed by atoms with van der Waals surface area (Å²) in [6.45, 7) is 7.44. The van der Waals surface area contributed by atoms with E-state index in [0.717, 1.165) is 11.1 Å². The summed E-state index contributed by atoms with van der Waals surface area (Å²) in [5, 5.41) is -0.412. The first-order chi connectivity index (χ1) is 7.47. The molecule has 2 unspecified atom stereocenters. The summed E-state index contributed by atoms with van der Waals surface area (Å²) < 4.78 is 11.6. The Labute approximate surface area is 99.5 Å². The molecule has 1 rings (SSSR count). The number of benzene rings is 1. The van der Waals surface area contributed by atoms with Crippen LogP contribution >= 0.6 is 0 Å². The maximum atomic E-state index is 12.1. The molecular formula is C13H18O2S. The second kappa shape index (κ2) is 5.39. The third-order valence-electron chi connectivity index (χ3n) is 2.71. The second-order valence-electron chi connectivity index (χ2n) is 3.99. The SMILES string of the molecule is CCS(=O)C(C)C(=O)c1cc(C)ccc1C. The highest BCUT2D eigenvalue weighted by Crippen LogP contribution is 2.15. The van der Waals surface area contributed by atoms with Gasteiger partial charge in [0.05, 0.1) is 5.25 Å². The van der Waals surface area contributed by atoms with Crippen LogP contribution < -0.4 is 0 Å². The van der Waals surface area contributed by atoms with Gasteiger partial charge in [-0.3, -0.25) is 9.00 Å². The van der Waals surface area contributed by atoms with Crippen LogP contribution in [0.3, 0.4) is 0 Å². The average Bonchev–Trinajstić information content (AvgIpc) is 2.29. The van der Waals surface area contributed by atoms with E-state index in [4.69, 9.17) is 0 Å². The van der Waals surface area contributed by atoms with Crippen LogP contribution in [-0.2, 0) is 10.8 Å². The molecule has 0 spiro atoms. The van der Waals surface area contributed by atoms with Crippen molar-refractivity contribution in [2.45, 2.75) is 32.9 Å². The fraction of sp³-hybridized carbons (Fsp3) is 0.462. The van der Waals surface area contributed by atoms with Gasteiger partial charge in [0.2, 0.25) is 0 Å². The maximum Gasteiger partial charge on any atom is 0.178 e. The van der Waals surface area contributed by atoms with Gasteiger partial charge in [-0.25, -0.2) is 0 Å². The molecule has 0 saturated carbocycles. The van der Waals surface area contributed by atoms with E-state index in [1.54, 1.807) is 6.92 Å². The van der Waals surface area contributed by atoms with E-state index < -0.39 is 16.0 Å². The van der Waals surface area contributed by atoms with Gasteiger partial charge in [0.25, 0.3) is 0 Å². The third-order valence-corrected chi connectivity index (χ3v) is 4.28. The van der Waals surface area contributed by atoms with Crippen molar-refractivity contribution in [2.75, 3.05) is 5.75 Å². The van der Waals surface area contributed by atoms with Gasteiger partial charge in [0.1, 0.15) is 0 Å². The van der Waals surface area contributed by atoms with E-state index in [1.165, 1.54) is 0 Å². The van der Waals surface area contributed by atoms with E-state index in [1.807, 2.05) is 39.0 Å². The Bertz CT molecular complexity index is 424. The van der Waals surface area contributed by atoms with Crippen molar-refractivity contribution in [3.8, 4) is 0 Å². The minimum Gasteiger partial charge on any atom is -0.293 e. The number of carbonyl (C=O) groups is 1. The molecule has 1 aromatic rings. The molecule has 0 radical (unpaired) electrons. The monoisotopic (exact) mass is 238 g/mol. The summed E-state index contributed by atoms with van der Waals surface area (Å²) in [5.74, 6) is 0.513. The maximum absolute atomic E-state index is 12.1. The molecule has 0 bridgehead atoms. The molecule has 0 heterocycles. The molecule has 1 aromatic carbocycles. The number of carbonyl (C=O) groups excluding carboxylic acids is 1. The van der Waals surface area contributed by atoms with Gasteiger partial charge >= 0.3 is 0 Å². The highest BCUT2D eigenvalue weighted by molar-refractivity contribution is 7.86. The molecule has 88 valence electrons. The first-order valence-electron chi connectivity index (χ1n) is 5.46. The lowest BCUT2D eigenvalue weighted by atomic mass is 10.0. The van der Waals surface area contributed by atoms with E-state index in [-0.39, 0.29) is 5.78 Å². The Balaban J connectivity index is 3.05. The number of hydrogen-bond acceptors (Lipinski definition) is 2. The topological polar surface area (TPSA) is 34.1 Å². The molecule has 0 aromatic heterocycles. The molecule has 0 aliphatic heterocycles. The lowest BCUT2D eigenvalue weighted by Gasteiger charge is -2.11. The summed E-state index contributed by atoms with van der Waals surface area (Å²) in [5.41, 5.74) is 2.72. The Morgan fingerprint density at radius 3 is 2.56 bits per heavy atom. The van der Waals surface area contributed by atoms with E-state index >= 15 is 0 Å². The molecule has 3 heteroatoms. The zero-order valence-corrected chi connectivity index (χ0v) is 11.1. The Hall–Kier alpha value is -0.960. The smallest absolute Gasteiger partial charge is 0.178 e. The molecule has 2 atom stereocenters. The third kappa shape index (κ3) is 2.79. The van der Waals surface area contributed by atoms with Crippen LogP contribution in [0.2, 0.25) is 0 Å². The summed E-state index contributed by atoms with van der Waals surface area (Å²) in [4.78, 5) is 12.1. The van der Waals surface area contributed by atoms with Gasteiger partial charge in [0, 0.05) is 22.1 Å². The lowest BCUT2D eigenvalue weighted by molar-refractivity contribution is 0.0992. The zero-order valence-electron chi connectivity index (χ0n) is 10.2. The molecule has 0 aliphatic carbocycles. The quantitative estimate of drug-likeness (QED) is 0.756. The second-order valence-corrected chi connectivity index (χ2v) is 6.04. The summed E-state index contributed by atoms with van der Waals surface area (Å²) in [6, 6.07) is 5.79. The van der Waals surface area contributed by atoms with Crippen LogP contribution in [0.5, 0.6) is 0 Å². The molecule has 0 aliphatic rings. The highest BCUT2D eigenvalue weighted by Gasteiger charge is 2.21. The van der Waals surface area contributed by atoms with Crippen LogP contribution in [0.25, 0.3) is 0 Å². The number of rotatable bonds is 4. The van der Waals surface area contributed by atoms with E-state index in [9.17, 15) is 9.00 Å². The molecule has 2 nitrogen and oxygen atoms in total. The van der Waals surface area contributed by atoms with Gasteiger partial charge in [0.15, 0.2) is 5.78 Å². The van der Waals surface area contributed by atoms with Gasteiger partial charge in [-0.15, -0.1) is 0 Å². The molecule has 0 fully saturated rings. The van der Waals surface area contributed by atoms with E-state index in [2.05, 4.69) is 0 Å². The van der Waals surface area contributed by atoms with Gasteiger partial charge < -0.3 is 0 Å². The highest BCUT2D eigenvalue weighted by atomic mass is 32.2. The van der Waals surface area contributed by atoms with Crippen molar-refractivity contribution in [2.24, 2.45) is 0 Å². The van der Waals surface area contributed by atoms with Crippen molar-refractivity contribution in [1.82, 2.24) is 0 Å².